The molecule has 144 valence electrons. The predicted octanol–water partition coefficient (Wildman–Crippen LogP) is 6.05. The van der Waals surface area contributed by atoms with Crippen molar-refractivity contribution in [3.8, 4) is 5.75 Å². The number of hydrogen-bond acceptors (Lipinski definition) is 4. The van der Waals surface area contributed by atoms with Gasteiger partial charge in [-0.1, -0.05) is 69.7 Å². The molecule has 0 bridgehead atoms. The van der Waals surface area contributed by atoms with Crippen LogP contribution < -0.4 is 0 Å². The molecule has 0 aromatic heterocycles. The molecule has 4 heteroatoms. The predicted molar refractivity (Wildman–Crippen MR) is 110 cm³/mol. The van der Waals surface area contributed by atoms with Crippen LogP contribution in [0.1, 0.15) is 67.8 Å². The van der Waals surface area contributed by atoms with Crippen LogP contribution in [0.15, 0.2) is 53.5 Å². The summed E-state index contributed by atoms with van der Waals surface area (Å²) in [5.41, 5.74) is 1.90. The van der Waals surface area contributed by atoms with Gasteiger partial charge in [-0.05, 0) is 36.2 Å². The second-order valence-electron chi connectivity index (χ2n) is 6.63. The zero-order chi connectivity index (χ0) is 19.3. The summed E-state index contributed by atoms with van der Waals surface area (Å²) in [6, 6.07) is 14.0. The summed E-state index contributed by atoms with van der Waals surface area (Å²) in [4.78, 5) is 16.3. The van der Waals surface area contributed by atoms with E-state index < -0.39 is 0 Å². The fourth-order valence-corrected chi connectivity index (χ4v) is 2.73. The lowest BCUT2D eigenvalue weighted by Gasteiger charge is -2.05. The van der Waals surface area contributed by atoms with E-state index >= 15 is 0 Å². The van der Waals surface area contributed by atoms with Crippen LogP contribution in [-0.4, -0.2) is 23.9 Å². The average molecular weight is 367 g/mol. The lowest BCUT2D eigenvalue weighted by atomic mass is 10.1. The minimum atomic E-state index is -0.287. The first-order valence-electron chi connectivity index (χ1n) is 9.80. The molecule has 0 amide bonds. The highest BCUT2D eigenvalue weighted by molar-refractivity contribution is 5.91. The van der Waals surface area contributed by atoms with Crippen molar-refractivity contribution in [2.45, 2.75) is 51.9 Å². The maximum Gasteiger partial charge on any atom is 0.338 e. The summed E-state index contributed by atoms with van der Waals surface area (Å²) in [5.74, 6) is -0.149. The Morgan fingerprint density at radius 1 is 0.963 bits per heavy atom. The molecule has 0 fully saturated rings. The zero-order valence-electron chi connectivity index (χ0n) is 16.1. The van der Waals surface area contributed by atoms with Gasteiger partial charge in [-0.25, -0.2) is 4.79 Å². The van der Waals surface area contributed by atoms with Crippen LogP contribution in [0.2, 0.25) is 0 Å². The van der Waals surface area contributed by atoms with Gasteiger partial charge in [-0.3, -0.25) is 4.99 Å². The minimum Gasteiger partial charge on any atom is -0.506 e. The smallest absolute Gasteiger partial charge is 0.338 e. The summed E-state index contributed by atoms with van der Waals surface area (Å²) in [7, 11) is 0. The molecule has 0 aliphatic rings. The monoisotopic (exact) mass is 367 g/mol. The van der Waals surface area contributed by atoms with Gasteiger partial charge in [-0.2, -0.15) is 0 Å². The second kappa shape index (κ2) is 11.9. The molecule has 0 aliphatic carbocycles. The van der Waals surface area contributed by atoms with Gasteiger partial charge in [0.25, 0.3) is 0 Å². The van der Waals surface area contributed by atoms with Crippen molar-refractivity contribution in [3.05, 3.63) is 59.7 Å². The number of rotatable bonds is 11. The van der Waals surface area contributed by atoms with Crippen LogP contribution in [0.5, 0.6) is 5.75 Å². The van der Waals surface area contributed by atoms with Gasteiger partial charge in [0, 0.05) is 6.21 Å². The van der Waals surface area contributed by atoms with E-state index in [1.807, 2.05) is 18.2 Å². The Morgan fingerprint density at radius 3 is 2.33 bits per heavy atom. The molecule has 0 spiro atoms. The molecule has 0 saturated heterocycles. The van der Waals surface area contributed by atoms with Gasteiger partial charge in [0.05, 0.1) is 12.2 Å². The van der Waals surface area contributed by atoms with Gasteiger partial charge in [0.1, 0.15) is 11.4 Å². The van der Waals surface area contributed by atoms with Crippen LogP contribution in [0.25, 0.3) is 0 Å². The highest BCUT2D eigenvalue weighted by atomic mass is 16.5. The normalized spacial score (nSPS) is 11.0. The van der Waals surface area contributed by atoms with Crippen molar-refractivity contribution in [1.29, 1.82) is 0 Å². The lowest BCUT2D eigenvalue weighted by Crippen LogP contribution is -2.06. The maximum absolute atomic E-state index is 12.1. The first-order chi connectivity index (χ1) is 13.2. The third-order valence-electron chi connectivity index (χ3n) is 4.36. The van der Waals surface area contributed by atoms with E-state index in [-0.39, 0.29) is 11.7 Å². The Balaban J connectivity index is 1.73. The Hall–Kier alpha value is -2.62. The van der Waals surface area contributed by atoms with Crippen LogP contribution in [0.4, 0.5) is 5.69 Å². The summed E-state index contributed by atoms with van der Waals surface area (Å²) >= 11 is 0. The van der Waals surface area contributed by atoms with Gasteiger partial charge in [0.2, 0.25) is 0 Å². The van der Waals surface area contributed by atoms with Gasteiger partial charge in [0.15, 0.2) is 0 Å². The fourth-order valence-electron chi connectivity index (χ4n) is 2.73. The molecule has 2 aromatic carbocycles. The van der Waals surface area contributed by atoms with E-state index in [2.05, 4.69) is 11.9 Å². The maximum atomic E-state index is 12.1. The average Bonchev–Trinajstić information content (AvgIpc) is 2.69. The van der Waals surface area contributed by atoms with E-state index in [9.17, 15) is 9.90 Å². The van der Waals surface area contributed by atoms with E-state index in [1.165, 1.54) is 32.1 Å². The number of esters is 1. The van der Waals surface area contributed by atoms with Crippen molar-refractivity contribution in [3.63, 3.8) is 0 Å². The van der Waals surface area contributed by atoms with Crippen LogP contribution in [-0.2, 0) is 4.74 Å². The van der Waals surface area contributed by atoms with Crippen molar-refractivity contribution in [1.82, 2.24) is 0 Å². The number of carbonyl (C=O) groups excluding carboxylic acids is 1. The first kappa shape index (κ1) is 20.7. The van der Waals surface area contributed by atoms with Gasteiger partial charge < -0.3 is 9.84 Å². The Morgan fingerprint density at radius 2 is 1.63 bits per heavy atom. The van der Waals surface area contributed by atoms with Crippen molar-refractivity contribution in [2.24, 2.45) is 4.99 Å². The van der Waals surface area contributed by atoms with Crippen molar-refractivity contribution >= 4 is 17.9 Å². The number of phenolic OH excluding ortho intramolecular Hbond substituents is 1. The molecule has 0 aliphatic heterocycles. The molecule has 0 atom stereocenters. The Labute approximate surface area is 161 Å². The van der Waals surface area contributed by atoms with E-state index in [0.717, 1.165) is 18.4 Å². The molecule has 0 unspecified atom stereocenters. The number of nitrogens with zero attached hydrogens (tertiary/aromatic N) is 1. The molecule has 2 rings (SSSR count). The highest BCUT2D eigenvalue weighted by Gasteiger charge is 2.06. The first-order valence-corrected chi connectivity index (χ1v) is 9.80. The Kier molecular flexibility index (Phi) is 9.11. The molecule has 0 saturated carbocycles. The topological polar surface area (TPSA) is 58.9 Å². The number of benzene rings is 2. The van der Waals surface area contributed by atoms with Crippen molar-refractivity contribution in [2.75, 3.05) is 6.61 Å². The lowest BCUT2D eigenvalue weighted by molar-refractivity contribution is 0.0497. The zero-order valence-corrected chi connectivity index (χ0v) is 16.1. The molecule has 0 radical (unpaired) electrons. The number of aromatic hydroxyl groups is 1. The van der Waals surface area contributed by atoms with E-state index in [4.69, 9.17) is 4.74 Å². The molecule has 4 nitrogen and oxygen atoms in total. The molecular formula is C23H29NO3. The second-order valence-corrected chi connectivity index (χ2v) is 6.63. The molecule has 2 aromatic rings. The highest BCUT2D eigenvalue weighted by Crippen LogP contribution is 2.24. The van der Waals surface area contributed by atoms with Crippen LogP contribution >= 0.6 is 0 Å². The van der Waals surface area contributed by atoms with E-state index in [1.54, 1.807) is 36.5 Å². The number of carbonyl (C=O) groups is 1. The third kappa shape index (κ3) is 7.65. The number of aliphatic imine (C=N–C) groups is 1. The van der Waals surface area contributed by atoms with Gasteiger partial charge in [-0.15, -0.1) is 0 Å². The number of para-hydroxylation sites is 2. The van der Waals surface area contributed by atoms with E-state index in [0.29, 0.717) is 17.9 Å². The molecule has 1 N–H and O–H groups in total. The van der Waals surface area contributed by atoms with Crippen molar-refractivity contribution < 1.29 is 14.6 Å². The van der Waals surface area contributed by atoms with Crippen LogP contribution in [0.3, 0.4) is 0 Å². The van der Waals surface area contributed by atoms with Gasteiger partial charge >= 0.3 is 5.97 Å². The molecular weight excluding hydrogens is 338 g/mol. The summed E-state index contributed by atoms with van der Waals surface area (Å²) in [6.07, 6.45) is 10.0. The van der Waals surface area contributed by atoms with Crippen LogP contribution in [0, 0.1) is 0 Å². The number of phenols is 1. The SMILES string of the molecule is CCCCCCCCCOC(=O)c1ccc(C=Nc2ccccc2O)cc1. The standard InChI is InChI=1S/C23H29NO3/c1-2-3-4-5-6-7-10-17-27-23(26)20-15-13-19(14-16-20)18-24-21-11-8-9-12-22(21)25/h8-9,11-16,18,25H,2-7,10,17H2,1H3. The molecule has 0 heterocycles. The fraction of sp³-hybridized carbons (Fsp3) is 0.391. The quantitative estimate of drug-likeness (QED) is 0.299. The molecule has 27 heavy (non-hydrogen) atoms. The summed E-state index contributed by atoms with van der Waals surface area (Å²) < 4.78 is 5.34. The summed E-state index contributed by atoms with van der Waals surface area (Å²) in [6.45, 7) is 2.69. The third-order valence-corrected chi connectivity index (χ3v) is 4.36. The summed E-state index contributed by atoms with van der Waals surface area (Å²) in [5, 5.41) is 9.70. The number of ether oxygens (including phenoxy) is 1. The largest absolute Gasteiger partial charge is 0.506 e. The Bertz CT molecular complexity index is 723. The number of unbranched alkanes of at least 4 members (excludes halogenated alkanes) is 6. The number of hydrogen-bond donors (Lipinski definition) is 1. The minimum absolute atomic E-state index is 0.138.